The van der Waals surface area contributed by atoms with Crippen LogP contribution in [0.4, 0.5) is 23.9 Å². The number of anilines is 2. The summed E-state index contributed by atoms with van der Waals surface area (Å²) < 4.78 is 38.9. The van der Waals surface area contributed by atoms with E-state index in [0.717, 1.165) is 48.3 Å². The number of aryl methyl sites for hydroxylation is 1. The number of rotatable bonds is 3. The molecule has 1 fully saturated rings. The molecule has 1 aromatic heterocycles. The summed E-state index contributed by atoms with van der Waals surface area (Å²) in [6, 6.07) is 6.70. The third-order valence-electron chi connectivity index (χ3n) is 5.50. The Morgan fingerprint density at radius 2 is 2.03 bits per heavy atom. The molecule has 2 aromatic rings. The van der Waals surface area contributed by atoms with Crippen LogP contribution in [0.2, 0.25) is 0 Å². The molecule has 2 heterocycles. The van der Waals surface area contributed by atoms with Crippen molar-refractivity contribution < 1.29 is 22.8 Å². The van der Waals surface area contributed by atoms with Crippen molar-refractivity contribution >= 4 is 33.8 Å². The first kappa shape index (κ1) is 20.4. The van der Waals surface area contributed by atoms with Gasteiger partial charge in [0.25, 0.3) is 0 Å². The Bertz CT molecular complexity index is 1050. The highest BCUT2D eigenvalue weighted by Crippen LogP contribution is 2.38. The van der Waals surface area contributed by atoms with E-state index in [1.165, 1.54) is 28.4 Å². The molecule has 156 valence electrons. The van der Waals surface area contributed by atoms with Crippen LogP contribution in [-0.4, -0.2) is 18.4 Å². The lowest BCUT2D eigenvalue weighted by Gasteiger charge is -2.18. The molecule has 1 aliphatic heterocycles. The summed E-state index contributed by atoms with van der Waals surface area (Å²) in [5.41, 5.74) is 0.761. The van der Waals surface area contributed by atoms with Crippen molar-refractivity contribution in [3.8, 4) is 6.07 Å². The average molecular weight is 433 g/mol. The third-order valence-corrected chi connectivity index (χ3v) is 6.71. The van der Waals surface area contributed by atoms with Crippen LogP contribution in [0.1, 0.15) is 40.8 Å². The summed E-state index contributed by atoms with van der Waals surface area (Å²) in [6.45, 7) is -0.00104. The number of alkyl halides is 3. The van der Waals surface area contributed by atoms with Gasteiger partial charge in [0.2, 0.25) is 11.8 Å². The molecule has 5 nitrogen and oxygen atoms in total. The number of fused-ring (bicyclic) bond motifs is 1. The maximum atomic E-state index is 13.0. The van der Waals surface area contributed by atoms with E-state index in [2.05, 4.69) is 11.4 Å². The maximum Gasteiger partial charge on any atom is 0.416 e. The summed E-state index contributed by atoms with van der Waals surface area (Å²) in [5, 5.41) is 12.8. The first-order valence-electron chi connectivity index (χ1n) is 9.61. The molecule has 30 heavy (non-hydrogen) atoms. The predicted molar refractivity (Wildman–Crippen MR) is 106 cm³/mol. The van der Waals surface area contributed by atoms with Gasteiger partial charge < -0.3 is 10.2 Å². The van der Waals surface area contributed by atoms with Gasteiger partial charge in [0, 0.05) is 23.5 Å². The molecule has 9 heteroatoms. The fraction of sp³-hybridized carbons (Fsp3) is 0.381. The van der Waals surface area contributed by atoms with Gasteiger partial charge in [-0.05, 0) is 49.4 Å². The number of benzene rings is 1. The molecule has 1 N–H and O–H groups in total. The van der Waals surface area contributed by atoms with Crippen molar-refractivity contribution in [3.63, 3.8) is 0 Å². The molecule has 2 aliphatic rings. The molecule has 1 atom stereocenters. The van der Waals surface area contributed by atoms with Crippen LogP contribution >= 0.6 is 11.3 Å². The number of halogens is 3. The Balaban J connectivity index is 1.51. The van der Waals surface area contributed by atoms with Crippen molar-refractivity contribution in [1.82, 2.24) is 0 Å². The van der Waals surface area contributed by atoms with Gasteiger partial charge in [0.1, 0.15) is 11.1 Å². The third kappa shape index (κ3) is 3.79. The van der Waals surface area contributed by atoms with Gasteiger partial charge in [-0.25, -0.2) is 0 Å². The number of amides is 2. The lowest BCUT2D eigenvalue weighted by atomic mass is 9.96. The molecule has 1 unspecified atom stereocenters. The molecular formula is C21H18F3N3O2S. The van der Waals surface area contributed by atoms with E-state index in [4.69, 9.17) is 0 Å². The van der Waals surface area contributed by atoms with Crippen LogP contribution in [0, 0.1) is 17.2 Å². The molecule has 0 saturated carbocycles. The van der Waals surface area contributed by atoms with E-state index in [1.807, 2.05) is 0 Å². The molecule has 1 aliphatic carbocycles. The highest BCUT2D eigenvalue weighted by atomic mass is 32.1. The monoisotopic (exact) mass is 433 g/mol. The van der Waals surface area contributed by atoms with Crippen LogP contribution in [0.25, 0.3) is 0 Å². The molecule has 2 amide bonds. The molecule has 0 radical (unpaired) electrons. The highest BCUT2D eigenvalue weighted by molar-refractivity contribution is 7.16. The quantitative estimate of drug-likeness (QED) is 0.774. The topological polar surface area (TPSA) is 73.2 Å². The van der Waals surface area contributed by atoms with Gasteiger partial charge >= 0.3 is 6.18 Å². The molecule has 4 rings (SSSR count). The smallest absolute Gasteiger partial charge is 0.316 e. The van der Waals surface area contributed by atoms with Gasteiger partial charge in [-0.1, -0.05) is 6.07 Å². The molecule has 1 saturated heterocycles. The van der Waals surface area contributed by atoms with Crippen molar-refractivity contribution in [2.75, 3.05) is 16.8 Å². The van der Waals surface area contributed by atoms with Gasteiger partial charge in [-0.2, -0.15) is 18.4 Å². The van der Waals surface area contributed by atoms with Gasteiger partial charge in [0.15, 0.2) is 0 Å². The summed E-state index contributed by atoms with van der Waals surface area (Å²) >= 11 is 1.40. The van der Waals surface area contributed by atoms with E-state index >= 15 is 0 Å². The fourth-order valence-electron chi connectivity index (χ4n) is 3.97. The number of carbonyl (C=O) groups is 2. The second-order valence-electron chi connectivity index (χ2n) is 7.47. The Morgan fingerprint density at radius 1 is 1.27 bits per heavy atom. The maximum absolute atomic E-state index is 13.0. The number of hydrogen-bond donors (Lipinski definition) is 1. The average Bonchev–Trinajstić information content (AvgIpc) is 3.27. The second kappa shape index (κ2) is 7.76. The number of thiophene rings is 1. The Kier molecular flexibility index (Phi) is 5.28. The lowest BCUT2D eigenvalue weighted by molar-refractivity contribution is -0.137. The van der Waals surface area contributed by atoms with Gasteiger partial charge in [-0.15, -0.1) is 11.3 Å². The normalized spacial score (nSPS) is 18.8. The van der Waals surface area contributed by atoms with Crippen LogP contribution in [-0.2, 0) is 28.6 Å². The summed E-state index contributed by atoms with van der Waals surface area (Å²) in [4.78, 5) is 27.5. The van der Waals surface area contributed by atoms with E-state index in [1.54, 1.807) is 0 Å². The number of nitriles is 1. The Hall–Kier alpha value is -2.86. The lowest BCUT2D eigenvalue weighted by Crippen LogP contribution is -2.28. The minimum atomic E-state index is -4.51. The zero-order chi connectivity index (χ0) is 21.5. The summed E-state index contributed by atoms with van der Waals surface area (Å²) in [6.07, 6.45) is -0.841. The molecule has 1 aromatic carbocycles. The molecule has 0 bridgehead atoms. The van der Waals surface area contributed by atoms with E-state index in [-0.39, 0.29) is 18.7 Å². The fourth-order valence-corrected chi connectivity index (χ4v) is 5.21. The van der Waals surface area contributed by atoms with Crippen LogP contribution in [0.15, 0.2) is 24.3 Å². The minimum Gasteiger partial charge on any atom is -0.316 e. The highest BCUT2D eigenvalue weighted by Gasteiger charge is 2.37. The Labute approximate surface area is 175 Å². The summed E-state index contributed by atoms with van der Waals surface area (Å²) in [7, 11) is 0. The number of hydrogen-bond acceptors (Lipinski definition) is 4. The zero-order valence-electron chi connectivity index (χ0n) is 15.9. The molecule has 0 spiro atoms. The van der Waals surface area contributed by atoms with Crippen LogP contribution in [0.5, 0.6) is 0 Å². The van der Waals surface area contributed by atoms with E-state index in [0.29, 0.717) is 10.6 Å². The second-order valence-corrected chi connectivity index (χ2v) is 8.57. The first-order valence-corrected chi connectivity index (χ1v) is 10.4. The SMILES string of the molecule is N#Cc1c(NC(=O)C2CC(=O)N(c3cccc(C(F)(F)F)c3)C2)sc2c1CCCC2. The van der Waals surface area contributed by atoms with E-state index in [9.17, 15) is 28.0 Å². The standard InChI is InChI=1S/C21H18F3N3O2S/c22-21(23,24)13-4-3-5-14(9-13)27-11-12(8-18(27)28)19(29)26-20-16(10-25)15-6-1-2-7-17(15)30-20/h3-5,9,12H,1-2,6-8,11H2,(H,26,29). The zero-order valence-corrected chi connectivity index (χ0v) is 16.7. The predicted octanol–water partition coefficient (Wildman–Crippen LogP) is 4.51. The Morgan fingerprint density at radius 3 is 2.77 bits per heavy atom. The first-order chi connectivity index (χ1) is 14.3. The minimum absolute atomic E-state index is 0.00104. The number of carbonyl (C=O) groups excluding carboxylic acids is 2. The largest absolute Gasteiger partial charge is 0.416 e. The van der Waals surface area contributed by atoms with Gasteiger partial charge in [-0.3, -0.25) is 9.59 Å². The van der Waals surface area contributed by atoms with Crippen molar-refractivity contribution in [2.24, 2.45) is 5.92 Å². The summed E-state index contributed by atoms with van der Waals surface area (Å²) in [5.74, 6) is -1.49. The van der Waals surface area contributed by atoms with Crippen molar-refractivity contribution in [1.29, 1.82) is 5.26 Å². The van der Waals surface area contributed by atoms with Crippen LogP contribution in [0.3, 0.4) is 0 Å². The van der Waals surface area contributed by atoms with Crippen molar-refractivity contribution in [3.05, 3.63) is 45.8 Å². The molecular weight excluding hydrogens is 415 g/mol. The van der Waals surface area contributed by atoms with Crippen LogP contribution < -0.4 is 10.2 Å². The number of nitrogens with one attached hydrogen (secondary N) is 1. The van der Waals surface area contributed by atoms with E-state index < -0.39 is 29.5 Å². The van der Waals surface area contributed by atoms with Crippen molar-refractivity contribution in [2.45, 2.75) is 38.3 Å². The van der Waals surface area contributed by atoms with Gasteiger partial charge in [0.05, 0.1) is 17.0 Å². The number of nitrogens with zero attached hydrogens (tertiary/aromatic N) is 2.